The average molecular weight is 380 g/mol. The molecule has 6 nitrogen and oxygen atoms in total. The second-order valence-electron chi connectivity index (χ2n) is 8.67. The summed E-state index contributed by atoms with van der Waals surface area (Å²) in [5.74, 6) is 1.55. The standard InChI is InChI=1S/C21H32O6/c1-13(2)19(22)26-14(3)24-5-6-25-15(4)27-20(23)21-10-16-7-17(11-21)9-18(8-16)12-21/h14-18H,1,5-12H2,2-4H3. The highest BCUT2D eigenvalue weighted by Gasteiger charge is 2.55. The summed E-state index contributed by atoms with van der Waals surface area (Å²) in [6, 6.07) is 0. The van der Waals surface area contributed by atoms with Gasteiger partial charge in [0.15, 0.2) is 6.29 Å². The van der Waals surface area contributed by atoms with Gasteiger partial charge in [-0.05, 0) is 77.0 Å². The van der Waals surface area contributed by atoms with E-state index in [1.807, 2.05) is 0 Å². The van der Waals surface area contributed by atoms with Crippen LogP contribution in [0.15, 0.2) is 12.2 Å². The van der Waals surface area contributed by atoms with E-state index < -0.39 is 18.5 Å². The number of hydrogen-bond donors (Lipinski definition) is 0. The van der Waals surface area contributed by atoms with Crippen molar-refractivity contribution in [2.45, 2.75) is 71.9 Å². The first-order valence-electron chi connectivity index (χ1n) is 10.1. The molecule has 152 valence electrons. The fraction of sp³-hybridized carbons (Fsp3) is 0.810. The number of esters is 2. The molecule has 0 saturated heterocycles. The monoisotopic (exact) mass is 380 g/mol. The summed E-state index contributed by atoms with van der Waals surface area (Å²) in [5, 5.41) is 0. The first-order chi connectivity index (χ1) is 12.8. The van der Waals surface area contributed by atoms with E-state index >= 15 is 0 Å². The molecule has 0 amide bonds. The van der Waals surface area contributed by atoms with Gasteiger partial charge in [0.2, 0.25) is 6.29 Å². The molecule has 0 aromatic rings. The van der Waals surface area contributed by atoms with Crippen LogP contribution < -0.4 is 0 Å². The van der Waals surface area contributed by atoms with Crippen LogP contribution in [0.5, 0.6) is 0 Å². The van der Waals surface area contributed by atoms with Gasteiger partial charge in [0.25, 0.3) is 0 Å². The quantitative estimate of drug-likeness (QED) is 0.263. The Morgan fingerprint density at radius 2 is 1.37 bits per heavy atom. The highest BCUT2D eigenvalue weighted by molar-refractivity contribution is 5.86. The van der Waals surface area contributed by atoms with Crippen LogP contribution in [0.1, 0.15) is 59.3 Å². The van der Waals surface area contributed by atoms with Gasteiger partial charge in [-0.25, -0.2) is 4.79 Å². The molecular weight excluding hydrogens is 348 g/mol. The Balaban J connectivity index is 1.36. The number of hydrogen-bond acceptors (Lipinski definition) is 6. The molecule has 27 heavy (non-hydrogen) atoms. The SMILES string of the molecule is C=C(C)C(=O)OC(C)OCCOC(C)OC(=O)C12CC3CC(CC(C3)C1)C2. The topological polar surface area (TPSA) is 71.1 Å². The Kier molecular flexibility index (Phi) is 6.26. The van der Waals surface area contributed by atoms with Crippen LogP contribution in [0.3, 0.4) is 0 Å². The minimum absolute atomic E-state index is 0.0845. The van der Waals surface area contributed by atoms with Gasteiger partial charge < -0.3 is 18.9 Å². The van der Waals surface area contributed by atoms with Crippen LogP contribution in [-0.4, -0.2) is 37.7 Å². The Bertz CT molecular complexity index is 548. The van der Waals surface area contributed by atoms with E-state index in [1.165, 1.54) is 19.3 Å². The van der Waals surface area contributed by atoms with E-state index in [9.17, 15) is 9.59 Å². The lowest BCUT2D eigenvalue weighted by Crippen LogP contribution is -2.51. The molecule has 6 heteroatoms. The molecule has 2 unspecified atom stereocenters. The van der Waals surface area contributed by atoms with E-state index in [0.29, 0.717) is 23.3 Å². The molecule has 4 fully saturated rings. The van der Waals surface area contributed by atoms with Crippen molar-refractivity contribution in [3.05, 3.63) is 12.2 Å². The van der Waals surface area contributed by atoms with Crippen molar-refractivity contribution in [3.8, 4) is 0 Å². The van der Waals surface area contributed by atoms with Crippen molar-refractivity contribution in [1.82, 2.24) is 0 Å². The highest BCUT2D eigenvalue weighted by Crippen LogP contribution is 2.60. The van der Waals surface area contributed by atoms with Gasteiger partial charge in [-0.3, -0.25) is 4.79 Å². The molecule has 4 aliphatic carbocycles. The smallest absolute Gasteiger partial charge is 0.335 e. The van der Waals surface area contributed by atoms with E-state index in [0.717, 1.165) is 19.3 Å². The summed E-state index contributed by atoms with van der Waals surface area (Å²) < 4.78 is 21.6. The molecule has 0 spiro atoms. The van der Waals surface area contributed by atoms with E-state index in [-0.39, 0.29) is 24.6 Å². The molecule has 0 aromatic heterocycles. The lowest BCUT2D eigenvalue weighted by molar-refractivity contribution is -0.205. The molecule has 4 bridgehead atoms. The second-order valence-corrected chi connectivity index (χ2v) is 8.67. The summed E-state index contributed by atoms with van der Waals surface area (Å²) >= 11 is 0. The molecular formula is C21H32O6. The predicted molar refractivity (Wildman–Crippen MR) is 98.4 cm³/mol. The zero-order valence-corrected chi connectivity index (χ0v) is 16.7. The third-order valence-corrected chi connectivity index (χ3v) is 6.15. The minimum atomic E-state index is -0.678. The largest absolute Gasteiger partial charge is 0.436 e. The maximum absolute atomic E-state index is 12.8. The molecule has 0 N–H and O–H groups in total. The molecule has 0 aromatic carbocycles. The Labute approximate surface area is 161 Å². The fourth-order valence-electron chi connectivity index (χ4n) is 5.38. The normalized spacial score (nSPS) is 33.4. The molecule has 0 aliphatic heterocycles. The molecule has 4 rings (SSSR count). The minimum Gasteiger partial charge on any atom is -0.436 e. The van der Waals surface area contributed by atoms with Crippen molar-refractivity contribution < 1.29 is 28.5 Å². The third-order valence-electron chi connectivity index (χ3n) is 6.15. The molecule has 0 radical (unpaired) electrons. The molecule has 2 atom stereocenters. The van der Waals surface area contributed by atoms with Crippen LogP contribution in [0.25, 0.3) is 0 Å². The van der Waals surface area contributed by atoms with Crippen molar-refractivity contribution in [2.75, 3.05) is 13.2 Å². The number of carbonyl (C=O) groups is 2. The van der Waals surface area contributed by atoms with Gasteiger partial charge >= 0.3 is 11.9 Å². The van der Waals surface area contributed by atoms with E-state index in [2.05, 4.69) is 6.58 Å². The fourth-order valence-corrected chi connectivity index (χ4v) is 5.38. The Hall–Kier alpha value is -1.40. The van der Waals surface area contributed by atoms with Crippen LogP contribution in [0.4, 0.5) is 0 Å². The molecule has 0 heterocycles. The maximum atomic E-state index is 12.8. The first kappa shape index (κ1) is 20.3. The van der Waals surface area contributed by atoms with E-state index in [1.54, 1.807) is 20.8 Å². The number of ether oxygens (including phenoxy) is 4. The lowest BCUT2D eigenvalue weighted by atomic mass is 9.49. The maximum Gasteiger partial charge on any atom is 0.335 e. The Morgan fingerprint density at radius 1 is 0.926 bits per heavy atom. The summed E-state index contributed by atoms with van der Waals surface area (Å²) in [6.07, 6.45) is 5.56. The second kappa shape index (κ2) is 8.31. The summed E-state index contributed by atoms with van der Waals surface area (Å²) in [7, 11) is 0. The third kappa shape index (κ3) is 4.91. The Morgan fingerprint density at radius 3 is 1.81 bits per heavy atom. The summed E-state index contributed by atoms with van der Waals surface area (Å²) in [4.78, 5) is 24.2. The summed E-state index contributed by atoms with van der Waals surface area (Å²) in [6.45, 7) is 8.97. The van der Waals surface area contributed by atoms with Gasteiger partial charge in [-0.1, -0.05) is 6.58 Å². The van der Waals surface area contributed by atoms with Gasteiger partial charge in [-0.2, -0.15) is 0 Å². The predicted octanol–water partition coefficient (Wildman–Crippen LogP) is 3.59. The van der Waals surface area contributed by atoms with Crippen molar-refractivity contribution in [1.29, 1.82) is 0 Å². The van der Waals surface area contributed by atoms with Gasteiger partial charge in [-0.15, -0.1) is 0 Å². The average Bonchev–Trinajstić information content (AvgIpc) is 2.57. The van der Waals surface area contributed by atoms with Crippen molar-refractivity contribution >= 4 is 11.9 Å². The zero-order valence-electron chi connectivity index (χ0n) is 16.7. The first-order valence-corrected chi connectivity index (χ1v) is 10.1. The number of rotatable bonds is 9. The highest BCUT2D eigenvalue weighted by atomic mass is 16.7. The number of carbonyl (C=O) groups excluding carboxylic acids is 2. The van der Waals surface area contributed by atoms with Crippen LogP contribution in [0.2, 0.25) is 0 Å². The van der Waals surface area contributed by atoms with E-state index in [4.69, 9.17) is 18.9 Å². The van der Waals surface area contributed by atoms with Crippen LogP contribution in [0, 0.1) is 23.2 Å². The van der Waals surface area contributed by atoms with Crippen LogP contribution in [-0.2, 0) is 28.5 Å². The zero-order chi connectivity index (χ0) is 19.6. The summed E-state index contributed by atoms with van der Waals surface area (Å²) in [5.41, 5.74) is 0.0561. The molecule has 4 saturated carbocycles. The van der Waals surface area contributed by atoms with Crippen LogP contribution >= 0.6 is 0 Å². The molecule has 4 aliphatic rings. The van der Waals surface area contributed by atoms with Gasteiger partial charge in [0, 0.05) is 5.57 Å². The van der Waals surface area contributed by atoms with Crippen molar-refractivity contribution in [3.63, 3.8) is 0 Å². The van der Waals surface area contributed by atoms with Crippen molar-refractivity contribution in [2.24, 2.45) is 23.2 Å². The van der Waals surface area contributed by atoms with Gasteiger partial charge in [0.05, 0.1) is 18.6 Å². The lowest BCUT2D eigenvalue weighted by Gasteiger charge is -2.55. The van der Waals surface area contributed by atoms with Gasteiger partial charge in [0.1, 0.15) is 0 Å².